The fourth-order valence-electron chi connectivity index (χ4n) is 3.83. The third-order valence-electron chi connectivity index (χ3n) is 5.46. The van der Waals surface area contributed by atoms with Crippen LogP contribution in [0.2, 0.25) is 0 Å². The van der Waals surface area contributed by atoms with Crippen LogP contribution in [-0.2, 0) is 13.1 Å². The highest BCUT2D eigenvalue weighted by molar-refractivity contribution is 7.09. The van der Waals surface area contributed by atoms with Crippen molar-refractivity contribution in [2.24, 2.45) is 0 Å². The van der Waals surface area contributed by atoms with Gasteiger partial charge in [-0.15, -0.1) is 11.3 Å². The fourth-order valence-corrected chi connectivity index (χ4v) is 4.67. The van der Waals surface area contributed by atoms with Crippen molar-refractivity contribution in [1.29, 1.82) is 0 Å². The van der Waals surface area contributed by atoms with Crippen molar-refractivity contribution >= 4 is 11.3 Å². The minimum atomic E-state index is -0.683. The zero-order valence-electron chi connectivity index (χ0n) is 17.0. The standard InChI is InChI=1S/C25H23N3O2S/c29-25(19-8-10-26-11-9-19)20-6-7-23-21(14-20)15-28(12-13-30-23)16-24-27-22(17-31-24)18-4-2-1-3-5-18/h1-11,14,17,25,29H,12-13,15-16H2. The van der Waals surface area contributed by atoms with E-state index in [4.69, 9.17) is 9.72 Å². The Morgan fingerprint density at radius 3 is 2.71 bits per heavy atom. The number of aliphatic hydroxyl groups excluding tert-OH is 1. The number of hydrogen-bond acceptors (Lipinski definition) is 6. The van der Waals surface area contributed by atoms with Gasteiger partial charge < -0.3 is 9.84 Å². The molecule has 0 saturated carbocycles. The van der Waals surface area contributed by atoms with Crippen molar-refractivity contribution < 1.29 is 9.84 Å². The zero-order valence-corrected chi connectivity index (χ0v) is 17.8. The molecule has 0 aliphatic carbocycles. The van der Waals surface area contributed by atoms with Crippen molar-refractivity contribution in [2.75, 3.05) is 13.2 Å². The van der Waals surface area contributed by atoms with Gasteiger partial charge in [-0.3, -0.25) is 9.88 Å². The Hall–Kier alpha value is -3.06. The number of aromatic nitrogens is 2. The second kappa shape index (κ2) is 8.98. The summed E-state index contributed by atoms with van der Waals surface area (Å²) in [6, 6.07) is 19.9. The lowest BCUT2D eigenvalue weighted by atomic mass is 10.00. The molecule has 6 heteroatoms. The number of rotatable bonds is 5. The van der Waals surface area contributed by atoms with Crippen molar-refractivity contribution in [2.45, 2.75) is 19.2 Å². The van der Waals surface area contributed by atoms with Gasteiger partial charge >= 0.3 is 0 Å². The lowest BCUT2D eigenvalue weighted by molar-refractivity contribution is 0.218. The normalized spacial score (nSPS) is 15.0. The first-order chi connectivity index (χ1) is 15.3. The van der Waals surface area contributed by atoms with Gasteiger partial charge in [-0.2, -0.15) is 0 Å². The van der Waals surface area contributed by atoms with Crippen molar-refractivity contribution in [3.8, 4) is 17.0 Å². The number of benzene rings is 2. The van der Waals surface area contributed by atoms with E-state index < -0.39 is 6.10 Å². The highest BCUT2D eigenvalue weighted by atomic mass is 32.1. The van der Waals surface area contributed by atoms with E-state index in [1.807, 2.05) is 42.5 Å². The monoisotopic (exact) mass is 429 g/mol. The maximum atomic E-state index is 10.8. The maximum absolute atomic E-state index is 10.8. The van der Waals surface area contributed by atoms with Gasteiger partial charge in [-0.25, -0.2) is 4.98 Å². The zero-order chi connectivity index (χ0) is 21.0. The van der Waals surface area contributed by atoms with Crippen LogP contribution in [0.25, 0.3) is 11.3 Å². The third kappa shape index (κ3) is 4.51. The summed E-state index contributed by atoms with van der Waals surface area (Å²) in [7, 11) is 0. The van der Waals surface area contributed by atoms with Gasteiger partial charge in [0, 0.05) is 42.0 Å². The summed E-state index contributed by atoms with van der Waals surface area (Å²) < 4.78 is 5.98. The second-order valence-corrected chi connectivity index (χ2v) is 8.54. The first-order valence-corrected chi connectivity index (χ1v) is 11.2. The molecule has 0 radical (unpaired) electrons. The number of aliphatic hydroxyl groups is 1. The molecule has 2 aromatic heterocycles. The van der Waals surface area contributed by atoms with E-state index in [1.54, 1.807) is 23.7 Å². The molecule has 0 bridgehead atoms. The third-order valence-corrected chi connectivity index (χ3v) is 6.29. The average Bonchev–Trinajstić information content (AvgIpc) is 3.19. The summed E-state index contributed by atoms with van der Waals surface area (Å²) in [5.74, 6) is 0.886. The van der Waals surface area contributed by atoms with Crippen LogP contribution in [0.4, 0.5) is 0 Å². The van der Waals surface area contributed by atoms with Gasteiger partial charge in [0.05, 0.1) is 12.2 Å². The summed E-state index contributed by atoms with van der Waals surface area (Å²) >= 11 is 1.69. The Morgan fingerprint density at radius 1 is 1.03 bits per heavy atom. The highest BCUT2D eigenvalue weighted by Gasteiger charge is 2.19. The lowest BCUT2D eigenvalue weighted by Gasteiger charge is -2.18. The first kappa shape index (κ1) is 19.9. The molecule has 156 valence electrons. The van der Waals surface area contributed by atoms with E-state index in [-0.39, 0.29) is 0 Å². The fraction of sp³-hybridized carbons (Fsp3) is 0.200. The minimum absolute atomic E-state index is 0.635. The van der Waals surface area contributed by atoms with E-state index >= 15 is 0 Å². The molecule has 1 atom stereocenters. The van der Waals surface area contributed by atoms with E-state index in [2.05, 4.69) is 33.5 Å². The molecule has 0 amide bonds. The Morgan fingerprint density at radius 2 is 1.87 bits per heavy atom. The Balaban J connectivity index is 1.33. The molecular weight excluding hydrogens is 406 g/mol. The van der Waals surface area contributed by atoms with E-state index in [0.717, 1.165) is 58.3 Å². The van der Waals surface area contributed by atoms with Gasteiger partial charge in [-0.05, 0) is 35.4 Å². The van der Waals surface area contributed by atoms with Crippen LogP contribution < -0.4 is 4.74 Å². The molecule has 2 aromatic carbocycles. The van der Waals surface area contributed by atoms with E-state index in [0.29, 0.717) is 6.61 Å². The lowest BCUT2D eigenvalue weighted by Crippen LogP contribution is -2.25. The number of nitrogens with zero attached hydrogens (tertiary/aromatic N) is 3. The van der Waals surface area contributed by atoms with Gasteiger partial charge in [0.25, 0.3) is 0 Å². The number of pyridine rings is 1. The number of fused-ring (bicyclic) bond motifs is 1. The summed E-state index contributed by atoms with van der Waals surface area (Å²) in [4.78, 5) is 11.2. The quantitative estimate of drug-likeness (QED) is 0.499. The first-order valence-electron chi connectivity index (χ1n) is 10.3. The summed E-state index contributed by atoms with van der Waals surface area (Å²) in [5.41, 5.74) is 4.94. The van der Waals surface area contributed by atoms with Crippen molar-refractivity contribution in [3.63, 3.8) is 0 Å². The molecule has 1 aliphatic heterocycles. The molecule has 0 spiro atoms. The van der Waals surface area contributed by atoms with Gasteiger partial charge in [0.2, 0.25) is 0 Å². The highest BCUT2D eigenvalue weighted by Crippen LogP contribution is 2.30. The van der Waals surface area contributed by atoms with Crippen LogP contribution in [0, 0.1) is 0 Å². The molecule has 0 saturated heterocycles. The topological polar surface area (TPSA) is 58.5 Å². The SMILES string of the molecule is OC(c1ccncc1)c1ccc2c(c1)CN(Cc1nc(-c3ccccc3)cs1)CCO2. The number of ether oxygens (including phenoxy) is 1. The summed E-state index contributed by atoms with van der Waals surface area (Å²) in [5, 5.41) is 14.0. The van der Waals surface area contributed by atoms with Gasteiger partial charge in [-0.1, -0.05) is 36.4 Å². The van der Waals surface area contributed by atoms with Crippen LogP contribution >= 0.6 is 11.3 Å². The predicted octanol–water partition coefficient (Wildman–Crippen LogP) is 4.68. The molecular formula is C25H23N3O2S. The van der Waals surface area contributed by atoms with E-state index in [1.165, 1.54) is 0 Å². The molecule has 1 N–H and O–H groups in total. The minimum Gasteiger partial charge on any atom is -0.492 e. The molecule has 1 unspecified atom stereocenters. The molecule has 5 nitrogen and oxygen atoms in total. The van der Waals surface area contributed by atoms with Crippen LogP contribution in [-0.4, -0.2) is 33.1 Å². The predicted molar refractivity (Wildman–Crippen MR) is 122 cm³/mol. The Kier molecular flexibility index (Phi) is 5.76. The average molecular weight is 430 g/mol. The Labute approximate surface area is 185 Å². The maximum Gasteiger partial charge on any atom is 0.123 e. The van der Waals surface area contributed by atoms with Gasteiger partial charge in [0.15, 0.2) is 0 Å². The second-order valence-electron chi connectivity index (χ2n) is 7.60. The molecule has 5 rings (SSSR count). The smallest absolute Gasteiger partial charge is 0.123 e. The van der Waals surface area contributed by atoms with Crippen LogP contribution in [0.3, 0.4) is 0 Å². The van der Waals surface area contributed by atoms with E-state index in [9.17, 15) is 5.11 Å². The van der Waals surface area contributed by atoms with Crippen LogP contribution in [0.1, 0.15) is 27.8 Å². The van der Waals surface area contributed by atoms with Gasteiger partial charge in [0.1, 0.15) is 23.5 Å². The summed E-state index contributed by atoms with van der Waals surface area (Å²) in [6.07, 6.45) is 2.71. The van der Waals surface area contributed by atoms with Crippen molar-refractivity contribution in [3.05, 3.63) is 100 Å². The largest absolute Gasteiger partial charge is 0.492 e. The molecule has 0 fully saturated rings. The van der Waals surface area contributed by atoms with Crippen LogP contribution in [0.5, 0.6) is 5.75 Å². The summed E-state index contributed by atoms with van der Waals surface area (Å²) in [6.45, 7) is 3.00. The molecule has 4 aromatic rings. The van der Waals surface area contributed by atoms with Crippen molar-refractivity contribution in [1.82, 2.24) is 14.9 Å². The number of thiazole rings is 1. The Bertz CT molecular complexity index is 1150. The number of hydrogen-bond donors (Lipinski definition) is 1. The molecule has 31 heavy (non-hydrogen) atoms. The molecule has 1 aliphatic rings. The van der Waals surface area contributed by atoms with Crippen LogP contribution in [0.15, 0.2) is 78.4 Å². The molecule has 3 heterocycles.